The molecule has 9 heteroatoms. The number of ether oxygens (including phenoxy) is 1. The van der Waals surface area contributed by atoms with E-state index in [1.54, 1.807) is 4.90 Å². The summed E-state index contributed by atoms with van der Waals surface area (Å²) in [4.78, 5) is 58.2. The van der Waals surface area contributed by atoms with Crippen LogP contribution in [0.4, 0.5) is 0 Å². The van der Waals surface area contributed by atoms with Gasteiger partial charge in [-0.2, -0.15) is 0 Å². The Balaban J connectivity index is 1.44. The molecular formula is C35H46N4O5. The lowest BCUT2D eigenvalue weighted by molar-refractivity contribution is -0.153. The van der Waals surface area contributed by atoms with E-state index in [2.05, 4.69) is 29.8 Å². The molecule has 1 aromatic carbocycles. The largest absolute Gasteiger partial charge is 0.365 e. The molecule has 3 N–H and O–H groups in total. The number of amides is 4. The maximum Gasteiger partial charge on any atom is 0.245 e. The van der Waals surface area contributed by atoms with Gasteiger partial charge >= 0.3 is 0 Å². The van der Waals surface area contributed by atoms with Crippen molar-refractivity contribution in [3.05, 3.63) is 60.2 Å². The zero-order valence-corrected chi connectivity index (χ0v) is 26.3. The number of rotatable bonds is 4. The van der Waals surface area contributed by atoms with E-state index in [0.717, 1.165) is 12.0 Å². The topological polar surface area (TPSA) is 120 Å². The molecule has 4 amide bonds. The van der Waals surface area contributed by atoms with Crippen LogP contribution in [0.15, 0.2) is 54.6 Å². The molecular weight excluding hydrogens is 556 g/mol. The number of fused-ring (bicyclic) bond motifs is 3. The van der Waals surface area contributed by atoms with Crippen LogP contribution in [-0.4, -0.2) is 71.4 Å². The Kier molecular flexibility index (Phi) is 8.20. The van der Waals surface area contributed by atoms with Crippen LogP contribution >= 0.6 is 0 Å². The van der Waals surface area contributed by atoms with Crippen molar-refractivity contribution in [3.63, 3.8) is 0 Å². The number of carbonyl (C=O) groups is 4. The lowest BCUT2D eigenvalue weighted by atomic mass is 9.52. The van der Waals surface area contributed by atoms with Crippen LogP contribution in [0.2, 0.25) is 0 Å². The van der Waals surface area contributed by atoms with E-state index < -0.39 is 34.9 Å². The number of epoxide rings is 1. The SMILES string of the molecule is CC(C)C[C@@H]1NC(=O)[C@@]23C(=O)N[C@@H](Cc4ccccc4)C2[C@H](C)[C@@]2(C)O[C@H]2C3/C=C/C/C=C\CNC(=O)[C@@H]2CCCN2C1=O. The molecule has 1 aromatic rings. The number of carbonyl (C=O) groups excluding carboxylic acids is 4. The van der Waals surface area contributed by atoms with Gasteiger partial charge in [0, 0.05) is 31.0 Å². The molecule has 4 heterocycles. The highest BCUT2D eigenvalue weighted by atomic mass is 16.6. The number of hydrogen-bond acceptors (Lipinski definition) is 5. The molecule has 9 atom stereocenters. The number of hydrogen-bond donors (Lipinski definition) is 3. The summed E-state index contributed by atoms with van der Waals surface area (Å²) >= 11 is 0. The zero-order valence-electron chi connectivity index (χ0n) is 26.3. The normalized spacial score (nSPS) is 40.2. The first-order valence-corrected chi connectivity index (χ1v) is 16.3. The lowest BCUT2D eigenvalue weighted by Crippen LogP contribution is -2.64. The van der Waals surface area contributed by atoms with Gasteiger partial charge in [0.2, 0.25) is 23.6 Å². The van der Waals surface area contributed by atoms with Crippen molar-refractivity contribution < 1.29 is 23.9 Å². The fourth-order valence-corrected chi connectivity index (χ4v) is 8.53. The smallest absolute Gasteiger partial charge is 0.245 e. The summed E-state index contributed by atoms with van der Waals surface area (Å²) in [5, 5.41) is 9.34. The van der Waals surface area contributed by atoms with Crippen LogP contribution in [0.5, 0.6) is 0 Å². The van der Waals surface area contributed by atoms with E-state index in [4.69, 9.17) is 4.74 Å². The summed E-state index contributed by atoms with van der Waals surface area (Å²) in [7, 11) is 0. The summed E-state index contributed by atoms with van der Waals surface area (Å²) in [5.74, 6) is -2.01. The third-order valence-electron chi connectivity index (χ3n) is 10.8. The lowest BCUT2D eigenvalue weighted by Gasteiger charge is -2.46. The van der Waals surface area contributed by atoms with Gasteiger partial charge in [-0.3, -0.25) is 19.2 Å². The Bertz CT molecular complexity index is 1360. The van der Waals surface area contributed by atoms with Gasteiger partial charge in [0.15, 0.2) is 0 Å². The summed E-state index contributed by atoms with van der Waals surface area (Å²) < 4.78 is 6.41. The predicted octanol–water partition coefficient (Wildman–Crippen LogP) is 2.91. The molecule has 1 aliphatic carbocycles. The molecule has 0 aromatic heterocycles. The van der Waals surface area contributed by atoms with E-state index in [-0.39, 0.29) is 47.6 Å². The van der Waals surface area contributed by atoms with Crippen molar-refractivity contribution in [2.24, 2.45) is 29.1 Å². The first-order chi connectivity index (χ1) is 21.1. The summed E-state index contributed by atoms with van der Waals surface area (Å²) in [6.07, 6.45) is 10.5. The first kappa shape index (κ1) is 30.6. The first-order valence-electron chi connectivity index (χ1n) is 16.3. The van der Waals surface area contributed by atoms with Crippen molar-refractivity contribution in [3.8, 4) is 0 Å². The maximum absolute atomic E-state index is 14.9. The average Bonchev–Trinajstić information content (AvgIpc) is 3.32. The highest BCUT2D eigenvalue weighted by molar-refractivity contribution is 6.09. The van der Waals surface area contributed by atoms with E-state index in [0.29, 0.717) is 38.8 Å². The second kappa shape index (κ2) is 11.8. The van der Waals surface area contributed by atoms with Crippen LogP contribution in [-0.2, 0) is 30.3 Å². The van der Waals surface area contributed by atoms with Crippen LogP contribution in [0, 0.1) is 29.1 Å². The van der Waals surface area contributed by atoms with E-state index >= 15 is 0 Å². The highest BCUT2D eigenvalue weighted by Crippen LogP contribution is 2.65. The van der Waals surface area contributed by atoms with Crippen molar-refractivity contribution >= 4 is 23.6 Å². The summed E-state index contributed by atoms with van der Waals surface area (Å²) in [5.41, 5.74) is -0.821. The zero-order chi connectivity index (χ0) is 31.2. The van der Waals surface area contributed by atoms with Gasteiger partial charge in [-0.1, -0.05) is 75.4 Å². The molecule has 5 aliphatic rings. The predicted molar refractivity (Wildman–Crippen MR) is 166 cm³/mol. The molecule has 4 aliphatic heterocycles. The second-order valence-electron chi connectivity index (χ2n) is 13.9. The third-order valence-corrected chi connectivity index (χ3v) is 10.8. The number of allylic oxidation sites excluding steroid dienone is 2. The Morgan fingerprint density at radius 1 is 1.02 bits per heavy atom. The number of nitrogens with one attached hydrogen (secondary N) is 3. The van der Waals surface area contributed by atoms with Crippen molar-refractivity contribution in [2.75, 3.05) is 13.1 Å². The van der Waals surface area contributed by atoms with Crippen molar-refractivity contribution in [2.45, 2.75) is 89.6 Å². The number of benzene rings is 1. The van der Waals surface area contributed by atoms with Gasteiger partial charge in [-0.05, 0) is 56.4 Å². The summed E-state index contributed by atoms with van der Waals surface area (Å²) in [6.45, 7) is 9.05. The Morgan fingerprint density at radius 2 is 1.77 bits per heavy atom. The molecule has 3 saturated heterocycles. The standard InChI is InChI=1S/C35H46N4O5/c1-21(2)19-26-31(41)39-18-12-16-27(39)30(40)36-17-11-6-5-10-15-24-29-34(4,44-29)22(3)28-25(20-23-13-8-7-9-14-23)37-32(42)35(24,28)33(43)38-26/h6-11,13-15,21-22,24-29H,5,12,16-20H2,1-4H3,(H,36,40)(H,37,42)(H,38,43)/b11-6-,15-10+/t22-,24?,25-,26-,27-,28?,29-,34+,35+/m0/s1. The molecule has 0 radical (unpaired) electrons. The van der Waals surface area contributed by atoms with Gasteiger partial charge in [-0.15, -0.1) is 0 Å². The van der Waals surface area contributed by atoms with Crippen LogP contribution in [0.1, 0.15) is 58.9 Å². The molecule has 236 valence electrons. The van der Waals surface area contributed by atoms with Gasteiger partial charge < -0.3 is 25.6 Å². The molecule has 4 fully saturated rings. The monoisotopic (exact) mass is 602 g/mol. The Morgan fingerprint density at radius 3 is 2.52 bits per heavy atom. The molecule has 44 heavy (non-hydrogen) atoms. The van der Waals surface area contributed by atoms with E-state index in [9.17, 15) is 19.2 Å². The molecule has 0 bridgehead atoms. The second-order valence-corrected chi connectivity index (χ2v) is 13.9. The molecule has 1 saturated carbocycles. The van der Waals surface area contributed by atoms with Gasteiger partial charge in [0.05, 0.1) is 11.7 Å². The Hall–Kier alpha value is -3.46. The third kappa shape index (κ3) is 5.07. The molecule has 9 nitrogen and oxygen atoms in total. The van der Waals surface area contributed by atoms with Crippen LogP contribution < -0.4 is 16.0 Å². The van der Waals surface area contributed by atoms with E-state index in [1.165, 1.54) is 0 Å². The van der Waals surface area contributed by atoms with Crippen LogP contribution in [0.25, 0.3) is 0 Å². The molecule has 1 spiro atoms. The summed E-state index contributed by atoms with van der Waals surface area (Å²) in [6, 6.07) is 8.33. The van der Waals surface area contributed by atoms with E-state index in [1.807, 2.05) is 68.5 Å². The Labute approximate surface area is 260 Å². The number of nitrogens with zero attached hydrogens (tertiary/aromatic N) is 1. The van der Waals surface area contributed by atoms with Gasteiger partial charge in [-0.25, -0.2) is 0 Å². The van der Waals surface area contributed by atoms with Gasteiger partial charge in [0.1, 0.15) is 17.5 Å². The molecule has 6 rings (SSSR count). The average molecular weight is 603 g/mol. The quantitative estimate of drug-likeness (QED) is 0.278. The van der Waals surface area contributed by atoms with Crippen molar-refractivity contribution in [1.82, 2.24) is 20.9 Å². The minimum atomic E-state index is -1.45. The minimum Gasteiger partial charge on any atom is -0.365 e. The van der Waals surface area contributed by atoms with Crippen molar-refractivity contribution in [1.29, 1.82) is 0 Å². The van der Waals surface area contributed by atoms with Crippen LogP contribution in [0.3, 0.4) is 0 Å². The minimum absolute atomic E-state index is 0.0908. The molecule has 2 unspecified atom stereocenters. The fraction of sp³-hybridized carbons (Fsp3) is 0.600. The fourth-order valence-electron chi connectivity index (χ4n) is 8.53. The maximum atomic E-state index is 14.9. The van der Waals surface area contributed by atoms with Gasteiger partial charge in [0.25, 0.3) is 0 Å². The highest BCUT2D eigenvalue weighted by Gasteiger charge is 2.78.